The highest BCUT2D eigenvalue weighted by molar-refractivity contribution is 5.94. The van der Waals surface area contributed by atoms with Gasteiger partial charge < -0.3 is 9.47 Å². The fraction of sp³-hybridized carbons (Fsp3) is 0.375. The Bertz CT molecular complexity index is 578. The Morgan fingerprint density at radius 3 is 2.81 bits per heavy atom. The van der Waals surface area contributed by atoms with Crippen LogP contribution in [-0.2, 0) is 4.79 Å². The first-order chi connectivity index (χ1) is 10.3. The summed E-state index contributed by atoms with van der Waals surface area (Å²) in [6, 6.07) is 7.10. The molecule has 0 spiro atoms. The molecule has 110 valence electrons. The SMILES string of the molecule is COc1ccc(OCC(=O)N/N=C2\C[C@@H]3C=CC[C@H]23)cc1. The van der Waals surface area contributed by atoms with Gasteiger partial charge in [-0.3, -0.25) is 4.79 Å². The Labute approximate surface area is 123 Å². The van der Waals surface area contributed by atoms with Gasteiger partial charge in [0.05, 0.1) is 7.11 Å². The number of hydrogen-bond acceptors (Lipinski definition) is 4. The van der Waals surface area contributed by atoms with Gasteiger partial charge >= 0.3 is 0 Å². The molecule has 0 radical (unpaired) electrons. The Balaban J connectivity index is 1.43. The van der Waals surface area contributed by atoms with E-state index in [1.54, 1.807) is 31.4 Å². The summed E-state index contributed by atoms with van der Waals surface area (Å²) >= 11 is 0. The molecule has 1 saturated carbocycles. The summed E-state index contributed by atoms with van der Waals surface area (Å²) in [5.41, 5.74) is 3.65. The number of ether oxygens (including phenoxy) is 2. The van der Waals surface area contributed by atoms with E-state index < -0.39 is 0 Å². The van der Waals surface area contributed by atoms with E-state index in [0.717, 1.165) is 24.3 Å². The lowest BCUT2D eigenvalue weighted by Gasteiger charge is -2.31. The fourth-order valence-electron chi connectivity index (χ4n) is 2.65. The number of nitrogens with zero attached hydrogens (tertiary/aromatic N) is 1. The standard InChI is InChI=1S/C16H18N2O3/c1-20-12-5-7-13(8-6-12)21-10-16(19)18-17-15-9-11-3-2-4-14(11)15/h2-3,5-8,11,14H,4,9-10H2,1H3,(H,18,19)/b17-15+/t11-,14-/m0/s1. The minimum absolute atomic E-state index is 0.0462. The molecule has 0 aromatic heterocycles. The van der Waals surface area contributed by atoms with Gasteiger partial charge in [0.25, 0.3) is 5.91 Å². The average molecular weight is 286 g/mol. The molecule has 2 aliphatic carbocycles. The number of fused-ring (bicyclic) bond motifs is 1. The van der Waals surface area contributed by atoms with Crippen molar-refractivity contribution in [1.82, 2.24) is 5.43 Å². The topological polar surface area (TPSA) is 59.9 Å². The van der Waals surface area contributed by atoms with Gasteiger partial charge in [0.1, 0.15) is 11.5 Å². The van der Waals surface area contributed by atoms with Crippen molar-refractivity contribution in [1.29, 1.82) is 0 Å². The number of benzene rings is 1. The van der Waals surface area contributed by atoms with E-state index in [0.29, 0.717) is 17.6 Å². The molecule has 0 heterocycles. The molecule has 21 heavy (non-hydrogen) atoms. The molecule has 0 saturated heterocycles. The van der Waals surface area contributed by atoms with Crippen LogP contribution in [0, 0.1) is 11.8 Å². The van der Waals surface area contributed by atoms with Crippen LogP contribution in [0.5, 0.6) is 11.5 Å². The molecule has 5 nitrogen and oxygen atoms in total. The summed E-state index contributed by atoms with van der Waals surface area (Å²) < 4.78 is 10.4. The van der Waals surface area contributed by atoms with Crippen molar-refractivity contribution < 1.29 is 14.3 Å². The zero-order valence-corrected chi connectivity index (χ0v) is 11.9. The Hall–Kier alpha value is -2.30. The highest BCUT2D eigenvalue weighted by atomic mass is 16.5. The Morgan fingerprint density at radius 1 is 1.33 bits per heavy atom. The van der Waals surface area contributed by atoms with Crippen molar-refractivity contribution in [2.24, 2.45) is 16.9 Å². The first kappa shape index (κ1) is 13.7. The summed E-state index contributed by atoms with van der Waals surface area (Å²) in [6.07, 6.45) is 6.42. The van der Waals surface area contributed by atoms with Gasteiger partial charge in [0.15, 0.2) is 6.61 Å². The first-order valence-electron chi connectivity index (χ1n) is 7.05. The molecule has 1 N–H and O–H groups in total. The molecule has 5 heteroatoms. The maximum Gasteiger partial charge on any atom is 0.277 e. The number of hydrazone groups is 1. The lowest BCUT2D eigenvalue weighted by Crippen LogP contribution is -2.36. The minimum Gasteiger partial charge on any atom is -0.497 e. The highest BCUT2D eigenvalue weighted by Gasteiger charge is 2.37. The molecule has 1 fully saturated rings. The number of rotatable bonds is 5. The van der Waals surface area contributed by atoms with E-state index in [1.165, 1.54) is 0 Å². The van der Waals surface area contributed by atoms with Crippen LogP contribution < -0.4 is 14.9 Å². The smallest absolute Gasteiger partial charge is 0.277 e. The number of hydrogen-bond donors (Lipinski definition) is 1. The third-order valence-electron chi connectivity index (χ3n) is 3.92. The number of carbonyl (C=O) groups is 1. The quantitative estimate of drug-likeness (QED) is 0.666. The second-order valence-electron chi connectivity index (χ2n) is 5.24. The fourth-order valence-corrected chi connectivity index (χ4v) is 2.65. The normalized spacial score (nSPS) is 24.3. The van der Waals surface area contributed by atoms with E-state index >= 15 is 0 Å². The third-order valence-corrected chi connectivity index (χ3v) is 3.92. The third kappa shape index (κ3) is 3.07. The van der Waals surface area contributed by atoms with Crippen molar-refractivity contribution in [3.05, 3.63) is 36.4 Å². The van der Waals surface area contributed by atoms with Crippen LogP contribution >= 0.6 is 0 Å². The molecule has 2 atom stereocenters. The minimum atomic E-state index is -0.243. The maximum atomic E-state index is 11.7. The molecule has 0 bridgehead atoms. The molecular formula is C16H18N2O3. The van der Waals surface area contributed by atoms with Crippen molar-refractivity contribution in [3.8, 4) is 11.5 Å². The highest BCUT2D eigenvalue weighted by Crippen LogP contribution is 2.39. The molecule has 0 unspecified atom stereocenters. The summed E-state index contributed by atoms with van der Waals surface area (Å²) in [5.74, 6) is 2.28. The van der Waals surface area contributed by atoms with Crippen molar-refractivity contribution in [2.45, 2.75) is 12.8 Å². The van der Waals surface area contributed by atoms with Crippen LogP contribution in [0.15, 0.2) is 41.5 Å². The number of nitrogens with one attached hydrogen (secondary N) is 1. The number of methoxy groups -OCH3 is 1. The predicted octanol–water partition coefficient (Wildman–Crippen LogP) is 2.14. The van der Waals surface area contributed by atoms with E-state index in [9.17, 15) is 4.79 Å². The predicted molar refractivity (Wildman–Crippen MR) is 79.4 cm³/mol. The van der Waals surface area contributed by atoms with E-state index in [1.807, 2.05) is 0 Å². The van der Waals surface area contributed by atoms with Gasteiger partial charge in [-0.2, -0.15) is 5.10 Å². The lowest BCUT2D eigenvalue weighted by molar-refractivity contribution is -0.123. The number of carbonyl (C=O) groups excluding carboxylic acids is 1. The van der Waals surface area contributed by atoms with E-state index in [2.05, 4.69) is 22.7 Å². The van der Waals surface area contributed by atoms with E-state index in [-0.39, 0.29) is 12.5 Å². The van der Waals surface area contributed by atoms with Gasteiger partial charge in [0.2, 0.25) is 0 Å². The van der Waals surface area contributed by atoms with Crippen molar-refractivity contribution in [2.75, 3.05) is 13.7 Å². The number of amides is 1. The molecule has 1 aromatic carbocycles. The molecule has 1 amide bonds. The molecule has 0 aliphatic heterocycles. The van der Waals surface area contributed by atoms with Gasteiger partial charge in [0, 0.05) is 11.6 Å². The van der Waals surface area contributed by atoms with Gasteiger partial charge in [-0.1, -0.05) is 12.2 Å². The van der Waals surface area contributed by atoms with Crippen LogP contribution in [0.2, 0.25) is 0 Å². The molecule has 1 aromatic rings. The number of allylic oxidation sites excluding steroid dienone is 2. The summed E-state index contributed by atoms with van der Waals surface area (Å²) in [4.78, 5) is 11.7. The summed E-state index contributed by atoms with van der Waals surface area (Å²) in [7, 11) is 1.60. The zero-order chi connectivity index (χ0) is 14.7. The maximum absolute atomic E-state index is 11.7. The monoisotopic (exact) mass is 286 g/mol. The molecule has 2 aliphatic rings. The molecular weight excluding hydrogens is 268 g/mol. The van der Waals surface area contributed by atoms with Gasteiger partial charge in [-0.25, -0.2) is 5.43 Å². The van der Waals surface area contributed by atoms with Crippen molar-refractivity contribution in [3.63, 3.8) is 0 Å². The summed E-state index contributed by atoms with van der Waals surface area (Å²) in [6.45, 7) is -0.0462. The largest absolute Gasteiger partial charge is 0.497 e. The van der Waals surface area contributed by atoms with Crippen LogP contribution in [0.3, 0.4) is 0 Å². The summed E-state index contributed by atoms with van der Waals surface area (Å²) in [5, 5.41) is 4.19. The van der Waals surface area contributed by atoms with Gasteiger partial charge in [-0.05, 0) is 43.0 Å². The van der Waals surface area contributed by atoms with Crippen molar-refractivity contribution >= 4 is 11.6 Å². The average Bonchev–Trinajstić information content (AvgIpc) is 2.87. The second-order valence-corrected chi connectivity index (χ2v) is 5.24. The van der Waals surface area contributed by atoms with Crippen LogP contribution in [0.25, 0.3) is 0 Å². The second kappa shape index (κ2) is 5.99. The Kier molecular flexibility index (Phi) is 3.90. The lowest BCUT2D eigenvalue weighted by atomic mass is 9.74. The van der Waals surface area contributed by atoms with Crippen LogP contribution in [0.1, 0.15) is 12.8 Å². The van der Waals surface area contributed by atoms with Crippen LogP contribution in [-0.4, -0.2) is 25.3 Å². The van der Waals surface area contributed by atoms with Crippen LogP contribution in [0.4, 0.5) is 0 Å². The van der Waals surface area contributed by atoms with Gasteiger partial charge in [-0.15, -0.1) is 0 Å². The zero-order valence-electron chi connectivity index (χ0n) is 11.9. The first-order valence-corrected chi connectivity index (χ1v) is 7.05. The van der Waals surface area contributed by atoms with E-state index in [4.69, 9.17) is 9.47 Å². The molecule has 3 rings (SSSR count). The Morgan fingerprint density at radius 2 is 2.10 bits per heavy atom.